The summed E-state index contributed by atoms with van der Waals surface area (Å²) in [6.45, 7) is 7.36. The molecule has 2 rings (SSSR count). The Morgan fingerprint density at radius 2 is 2.18 bits per heavy atom. The zero-order valence-electron chi connectivity index (χ0n) is 10.9. The number of rotatable bonds is 3. The van der Waals surface area contributed by atoms with Crippen LogP contribution in [-0.2, 0) is 9.84 Å². The third kappa shape index (κ3) is 3.42. The van der Waals surface area contributed by atoms with Crippen LogP contribution in [0.1, 0.15) is 33.1 Å². The molecule has 2 fully saturated rings. The summed E-state index contributed by atoms with van der Waals surface area (Å²) in [5.41, 5.74) is 0.299. The van der Waals surface area contributed by atoms with E-state index >= 15 is 0 Å². The van der Waals surface area contributed by atoms with E-state index in [0.29, 0.717) is 23.6 Å². The zero-order valence-corrected chi connectivity index (χ0v) is 11.7. The van der Waals surface area contributed by atoms with Gasteiger partial charge in [-0.2, -0.15) is 0 Å². The molecule has 100 valence electrons. The van der Waals surface area contributed by atoms with Crippen LogP contribution in [0.3, 0.4) is 0 Å². The van der Waals surface area contributed by atoms with E-state index < -0.39 is 9.84 Å². The molecule has 1 N–H and O–H groups in total. The van der Waals surface area contributed by atoms with Crippen molar-refractivity contribution < 1.29 is 8.42 Å². The molecule has 5 heteroatoms. The predicted molar refractivity (Wildman–Crippen MR) is 69.9 cm³/mol. The number of sulfone groups is 1. The number of nitrogens with zero attached hydrogens (tertiary/aromatic N) is 1. The quantitative estimate of drug-likeness (QED) is 0.809. The largest absolute Gasteiger partial charge is 0.312 e. The van der Waals surface area contributed by atoms with Gasteiger partial charge in [-0.1, -0.05) is 0 Å². The summed E-state index contributed by atoms with van der Waals surface area (Å²) in [7, 11) is -2.79. The van der Waals surface area contributed by atoms with E-state index in [1.807, 2.05) is 0 Å². The molecule has 2 aliphatic rings. The molecule has 0 spiro atoms. The molecular formula is C12H24N2O2S. The molecule has 2 aliphatic heterocycles. The molecule has 1 atom stereocenters. The third-order valence-corrected chi connectivity index (χ3v) is 5.86. The fourth-order valence-electron chi connectivity index (χ4n) is 2.94. The Labute approximate surface area is 105 Å². The second kappa shape index (κ2) is 4.86. The van der Waals surface area contributed by atoms with Gasteiger partial charge in [-0.25, -0.2) is 8.42 Å². The van der Waals surface area contributed by atoms with Crippen molar-refractivity contribution in [1.82, 2.24) is 10.2 Å². The molecule has 17 heavy (non-hydrogen) atoms. The molecule has 0 aliphatic carbocycles. The van der Waals surface area contributed by atoms with Crippen molar-refractivity contribution in [3.63, 3.8) is 0 Å². The molecule has 2 heterocycles. The van der Waals surface area contributed by atoms with E-state index in [2.05, 4.69) is 24.1 Å². The summed E-state index contributed by atoms with van der Waals surface area (Å²) in [6.07, 6.45) is 3.47. The van der Waals surface area contributed by atoms with Gasteiger partial charge >= 0.3 is 0 Å². The first-order chi connectivity index (χ1) is 7.89. The van der Waals surface area contributed by atoms with Gasteiger partial charge in [0.15, 0.2) is 9.84 Å². The fourth-order valence-corrected chi connectivity index (χ4v) is 4.44. The van der Waals surface area contributed by atoms with Crippen LogP contribution in [0.5, 0.6) is 0 Å². The lowest BCUT2D eigenvalue weighted by Gasteiger charge is -2.33. The summed E-state index contributed by atoms with van der Waals surface area (Å²) in [4.78, 5) is 2.50. The van der Waals surface area contributed by atoms with Gasteiger partial charge < -0.3 is 5.32 Å². The normalized spacial score (nSPS) is 32.7. The highest BCUT2D eigenvalue weighted by atomic mass is 32.2. The van der Waals surface area contributed by atoms with Gasteiger partial charge in [0.05, 0.1) is 11.5 Å². The van der Waals surface area contributed by atoms with Crippen molar-refractivity contribution in [2.75, 3.05) is 31.1 Å². The van der Waals surface area contributed by atoms with Crippen molar-refractivity contribution in [2.45, 2.75) is 44.7 Å². The average molecular weight is 260 g/mol. The van der Waals surface area contributed by atoms with Gasteiger partial charge in [0.25, 0.3) is 0 Å². The van der Waals surface area contributed by atoms with Gasteiger partial charge in [-0.05, 0) is 39.7 Å². The van der Waals surface area contributed by atoms with Gasteiger partial charge in [-0.3, -0.25) is 4.90 Å². The zero-order chi connectivity index (χ0) is 12.5. The minimum Gasteiger partial charge on any atom is -0.312 e. The minimum absolute atomic E-state index is 0.158. The van der Waals surface area contributed by atoms with Crippen molar-refractivity contribution in [3.05, 3.63) is 0 Å². The molecule has 0 aromatic carbocycles. The Morgan fingerprint density at radius 3 is 2.76 bits per heavy atom. The lowest BCUT2D eigenvalue weighted by molar-refractivity contribution is 0.167. The molecule has 0 aromatic rings. The number of hydrogen-bond acceptors (Lipinski definition) is 4. The average Bonchev–Trinajstić information content (AvgIpc) is 2.53. The van der Waals surface area contributed by atoms with Crippen LogP contribution in [0.15, 0.2) is 0 Å². The monoisotopic (exact) mass is 260 g/mol. The molecular weight excluding hydrogens is 236 g/mol. The van der Waals surface area contributed by atoms with E-state index in [-0.39, 0.29) is 6.04 Å². The second-order valence-corrected chi connectivity index (χ2v) is 8.19. The van der Waals surface area contributed by atoms with Crippen LogP contribution in [0.25, 0.3) is 0 Å². The Kier molecular flexibility index (Phi) is 3.80. The van der Waals surface area contributed by atoms with Crippen LogP contribution in [0, 0.1) is 0 Å². The molecule has 0 radical (unpaired) electrons. The minimum atomic E-state index is -2.79. The lowest BCUT2D eigenvalue weighted by Crippen LogP contribution is -2.47. The maximum absolute atomic E-state index is 11.5. The Morgan fingerprint density at radius 1 is 1.41 bits per heavy atom. The summed E-state index contributed by atoms with van der Waals surface area (Å²) >= 11 is 0. The molecule has 0 amide bonds. The van der Waals surface area contributed by atoms with Crippen LogP contribution >= 0.6 is 0 Å². The highest BCUT2D eigenvalue weighted by Gasteiger charge is 2.32. The van der Waals surface area contributed by atoms with Crippen molar-refractivity contribution in [3.8, 4) is 0 Å². The maximum atomic E-state index is 11.5. The van der Waals surface area contributed by atoms with Gasteiger partial charge in [0.2, 0.25) is 0 Å². The molecule has 0 saturated carbocycles. The summed E-state index contributed by atoms with van der Waals surface area (Å²) in [6, 6.07) is 0.158. The Hall–Kier alpha value is -0.130. The highest BCUT2D eigenvalue weighted by Crippen LogP contribution is 2.28. The predicted octanol–water partition coefficient (Wildman–Crippen LogP) is 0.638. The van der Waals surface area contributed by atoms with Crippen molar-refractivity contribution in [2.24, 2.45) is 0 Å². The molecule has 0 bridgehead atoms. The standard InChI is InChI=1S/C12H24N2O2S/c1-12(2)5-3-7-14(12)8-4-11-10-17(15,16)9-6-13-11/h11,13H,3-10H2,1-2H3. The van der Waals surface area contributed by atoms with Gasteiger partial charge in [0, 0.05) is 24.7 Å². The first-order valence-corrected chi connectivity index (χ1v) is 8.40. The van der Waals surface area contributed by atoms with Crippen LogP contribution in [0.2, 0.25) is 0 Å². The highest BCUT2D eigenvalue weighted by molar-refractivity contribution is 7.91. The van der Waals surface area contributed by atoms with E-state index in [9.17, 15) is 8.42 Å². The van der Waals surface area contributed by atoms with Crippen molar-refractivity contribution >= 4 is 9.84 Å². The summed E-state index contributed by atoms with van der Waals surface area (Å²) in [5, 5.41) is 3.32. The van der Waals surface area contributed by atoms with Crippen molar-refractivity contribution in [1.29, 1.82) is 0 Å². The lowest BCUT2D eigenvalue weighted by atomic mass is 10.0. The topological polar surface area (TPSA) is 49.4 Å². The van der Waals surface area contributed by atoms with Crippen LogP contribution < -0.4 is 5.32 Å². The maximum Gasteiger partial charge on any atom is 0.153 e. The van der Waals surface area contributed by atoms with Crippen LogP contribution in [0.4, 0.5) is 0 Å². The van der Waals surface area contributed by atoms with Gasteiger partial charge in [-0.15, -0.1) is 0 Å². The van der Waals surface area contributed by atoms with E-state index in [1.165, 1.54) is 12.8 Å². The molecule has 4 nitrogen and oxygen atoms in total. The smallest absolute Gasteiger partial charge is 0.153 e. The number of likely N-dealkylation sites (tertiary alicyclic amines) is 1. The second-order valence-electron chi connectivity index (χ2n) is 5.96. The molecule has 0 aromatic heterocycles. The summed E-state index contributed by atoms with van der Waals surface area (Å²) in [5.74, 6) is 0.625. The first kappa shape index (κ1) is 13.3. The number of hydrogen-bond donors (Lipinski definition) is 1. The summed E-state index contributed by atoms with van der Waals surface area (Å²) < 4.78 is 23.1. The molecule has 1 unspecified atom stereocenters. The number of nitrogens with one attached hydrogen (secondary N) is 1. The third-order valence-electron chi connectivity index (χ3n) is 4.12. The Bertz CT molecular complexity index is 365. The van der Waals surface area contributed by atoms with Gasteiger partial charge in [0.1, 0.15) is 0 Å². The van der Waals surface area contributed by atoms with E-state index in [4.69, 9.17) is 0 Å². The van der Waals surface area contributed by atoms with E-state index in [1.54, 1.807) is 0 Å². The van der Waals surface area contributed by atoms with E-state index in [0.717, 1.165) is 19.5 Å². The fraction of sp³-hybridized carbons (Fsp3) is 1.00. The molecule has 2 saturated heterocycles. The Balaban J connectivity index is 1.82. The SMILES string of the molecule is CC1(C)CCCN1CCC1CS(=O)(=O)CCN1. The van der Waals surface area contributed by atoms with Crippen LogP contribution in [-0.4, -0.2) is 56.0 Å². The first-order valence-electron chi connectivity index (χ1n) is 6.58.